The van der Waals surface area contributed by atoms with Crippen molar-refractivity contribution in [3.63, 3.8) is 0 Å². The second-order valence-corrected chi connectivity index (χ2v) is 13.6. The molecule has 46 heavy (non-hydrogen) atoms. The lowest BCUT2D eigenvalue weighted by Gasteiger charge is -2.45. The fourth-order valence-electron chi connectivity index (χ4n) is 7.13. The SMILES string of the molecule is CCOC(=O)/C=C/C(C)=C/C[C@@H](O)[C@@H](C)[C@H](O)C#C/C=C/C#C[C@H]1C(C)=C[C@@H]2[C@@H]([C@H]1[C@@H](O)c1ccc(O)cc1)C(C)(C)C[C@@]2(C)O. The van der Waals surface area contributed by atoms with Crippen molar-refractivity contribution in [1.82, 2.24) is 0 Å². The van der Waals surface area contributed by atoms with Gasteiger partial charge in [-0.05, 0) is 81.7 Å². The van der Waals surface area contributed by atoms with Crippen LogP contribution in [-0.4, -0.2) is 55.9 Å². The van der Waals surface area contributed by atoms with Gasteiger partial charge in [-0.3, -0.25) is 0 Å². The molecule has 1 aromatic carbocycles. The van der Waals surface area contributed by atoms with Crippen molar-refractivity contribution in [3.8, 4) is 29.4 Å². The zero-order chi connectivity index (χ0) is 34.2. The largest absolute Gasteiger partial charge is 0.508 e. The van der Waals surface area contributed by atoms with Crippen LogP contribution in [0.2, 0.25) is 0 Å². The van der Waals surface area contributed by atoms with E-state index >= 15 is 0 Å². The monoisotopic (exact) mass is 630 g/mol. The van der Waals surface area contributed by atoms with E-state index in [2.05, 4.69) is 43.6 Å². The lowest BCUT2D eigenvalue weighted by molar-refractivity contribution is -0.137. The molecule has 9 atom stereocenters. The quantitative estimate of drug-likeness (QED) is 0.0812. The minimum atomic E-state index is -1.06. The maximum absolute atomic E-state index is 11.7. The molecule has 1 fully saturated rings. The van der Waals surface area contributed by atoms with E-state index in [4.69, 9.17) is 4.74 Å². The van der Waals surface area contributed by atoms with Crippen molar-refractivity contribution in [2.75, 3.05) is 6.61 Å². The molecule has 0 aliphatic heterocycles. The van der Waals surface area contributed by atoms with Crippen LogP contribution in [0.3, 0.4) is 0 Å². The van der Waals surface area contributed by atoms with E-state index in [0.717, 1.165) is 11.1 Å². The van der Waals surface area contributed by atoms with Gasteiger partial charge in [0.1, 0.15) is 11.9 Å². The van der Waals surface area contributed by atoms with E-state index in [-0.39, 0.29) is 34.8 Å². The number of phenolic OH excluding ortho intramolecular Hbond substituents is 1. The second-order valence-electron chi connectivity index (χ2n) is 13.6. The van der Waals surface area contributed by atoms with E-state index in [1.807, 2.05) is 20.8 Å². The molecule has 2 aliphatic carbocycles. The third-order valence-electron chi connectivity index (χ3n) is 9.43. The summed E-state index contributed by atoms with van der Waals surface area (Å²) in [7, 11) is 0. The Kier molecular flexibility index (Phi) is 12.7. The minimum Gasteiger partial charge on any atom is -0.508 e. The van der Waals surface area contributed by atoms with E-state index in [0.29, 0.717) is 25.0 Å². The molecule has 0 unspecified atom stereocenters. The highest BCUT2D eigenvalue weighted by Gasteiger charge is 2.59. The molecule has 7 nitrogen and oxygen atoms in total. The van der Waals surface area contributed by atoms with Crippen LogP contribution in [0.15, 0.2) is 71.9 Å². The number of hydrogen-bond donors (Lipinski definition) is 5. The van der Waals surface area contributed by atoms with Crippen LogP contribution in [0.5, 0.6) is 5.75 Å². The summed E-state index contributed by atoms with van der Waals surface area (Å²) in [5.74, 6) is 10.4. The second kappa shape index (κ2) is 15.8. The predicted octanol–water partition coefficient (Wildman–Crippen LogP) is 5.41. The van der Waals surface area contributed by atoms with Gasteiger partial charge in [0, 0.05) is 29.7 Å². The van der Waals surface area contributed by atoms with E-state index in [1.54, 1.807) is 62.4 Å². The van der Waals surface area contributed by atoms with Crippen molar-refractivity contribution in [3.05, 3.63) is 77.4 Å². The van der Waals surface area contributed by atoms with Crippen molar-refractivity contribution in [1.29, 1.82) is 0 Å². The maximum atomic E-state index is 11.7. The molecule has 0 radical (unpaired) electrons. The van der Waals surface area contributed by atoms with E-state index < -0.39 is 35.8 Å². The van der Waals surface area contributed by atoms with Gasteiger partial charge in [-0.1, -0.05) is 86.0 Å². The van der Waals surface area contributed by atoms with Gasteiger partial charge in [-0.25, -0.2) is 4.79 Å². The summed E-state index contributed by atoms with van der Waals surface area (Å²) in [4.78, 5) is 11.5. The number of aliphatic hydroxyl groups is 4. The first-order valence-corrected chi connectivity index (χ1v) is 16.0. The van der Waals surface area contributed by atoms with E-state index in [9.17, 15) is 30.3 Å². The summed E-state index contributed by atoms with van der Waals surface area (Å²) < 4.78 is 4.86. The number of rotatable bonds is 9. The summed E-state index contributed by atoms with van der Waals surface area (Å²) in [6, 6.07) is 6.59. The molecule has 7 heteroatoms. The van der Waals surface area contributed by atoms with Gasteiger partial charge < -0.3 is 30.3 Å². The molecule has 1 saturated carbocycles. The number of carbonyl (C=O) groups is 1. The van der Waals surface area contributed by atoms with Gasteiger partial charge in [0.25, 0.3) is 0 Å². The van der Waals surface area contributed by atoms with Gasteiger partial charge in [0.15, 0.2) is 0 Å². The zero-order valence-corrected chi connectivity index (χ0v) is 28.1. The van der Waals surface area contributed by atoms with Crippen LogP contribution in [0, 0.1) is 58.7 Å². The average Bonchev–Trinajstić information content (AvgIpc) is 3.18. The Morgan fingerprint density at radius 1 is 1.09 bits per heavy atom. The third kappa shape index (κ3) is 9.24. The van der Waals surface area contributed by atoms with Crippen molar-refractivity contribution >= 4 is 5.97 Å². The standard InChI is InChI=1S/C39H50O7/c1-8-46-34(43)22-16-25(2)15-21-33(42)27(4)32(41)14-12-10-9-11-13-30-26(3)23-31-36(38(5,6)24-39(31,7)45)35(30)37(44)28-17-19-29(40)20-18-28/h9-10,15-20,22-23,27,30-33,35-37,40-42,44-45H,8,21,24H2,1-7H3/b10-9+,22-16+,25-15+/t27-,30-,31+,32+,33+,35-,36-,37-,39+/m0/s1. The number of esters is 1. The van der Waals surface area contributed by atoms with Gasteiger partial charge in [0.05, 0.1) is 24.4 Å². The molecule has 0 amide bonds. The van der Waals surface area contributed by atoms with E-state index in [1.165, 1.54) is 6.08 Å². The fourth-order valence-corrected chi connectivity index (χ4v) is 7.13. The number of aromatic hydroxyl groups is 1. The summed E-state index contributed by atoms with van der Waals surface area (Å²) in [6.07, 6.45) is 8.18. The van der Waals surface area contributed by atoms with Crippen LogP contribution in [0.1, 0.15) is 73.0 Å². The van der Waals surface area contributed by atoms with Gasteiger partial charge in [-0.2, -0.15) is 0 Å². The minimum absolute atomic E-state index is 0.0339. The first-order valence-electron chi connectivity index (χ1n) is 16.0. The van der Waals surface area contributed by atoms with Crippen LogP contribution in [0.25, 0.3) is 0 Å². The number of fused-ring (bicyclic) bond motifs is 1. The molecule has 0 spiro atoms. The fraction of sp³-hybridized carbons (Fsp3) is 0.513. The summed E-state index contributed by atoms with van der Waals surface area (Å²) in [5.41, 5.74) is 1.32. The first kappa shape index (κ1) is 36.9. The Bertz CT molecular complexity index is 1460. The highest BCUT2D eigenvalue weighted by atomic mass is 16.5. The summed E-state index contributed by atoms with van der Waals surface area (Å²) in [6.45, 7) is 13.7. The molecule has 0 saturated heterocycles. The predicted molar refractivity (Wildman–Crippen MR) is 180 cm³/mol. The summed E-state index contributed by atoms with van der Waals surface area (Å²) in [5, 5.41) is 53.9. The van der Waals surface area contributed by atoms with Crippen LogP contribution in [-0.2, 0) is 9.53 Å². The molecular formula is C39H50O7. The van der Waals surface area contributed by atoms with Crippen molar-refractivity contribution in [2.45, 2.75) is 85.2 Å². The average molecular weight is 631 g/mol. The topological polar surface area (TPSA) is 127 Å². The normalized spacial score (nSPS) is 28.2. The number of ether oxygens (including phenoxy) is 1. The van der Waals surface area contributed by atoms with Gasteiger partial charge in [-0.15, -0.1) is 0 Å². The molecule has 248 valence electrons. The molecule has 1 aromatic rings. The molecule has 0 bridgehead atoms. The maximum Gasteiger partial charge on any atom is 0.330 e. The smallest absolute Gasteiger partial charge is 0.330 e. The van der Waals surface area contributed by atoms with Crippen LogP contribution >= 0.6 is 0 Å². The molecule has 2 aliphatic rings. The number of carbonyl (C=O) groups excluding carboxylic acids is 1. The number of benzene rings is 1. The molecular weight excluding hydrogens is 580 g/mol. The Morgan fingerprint density at radius 2 is 1.74 bits per heavy atom. The molecule has 3 rings (SSSR count). The Labute approximate surface area is 274 Å². The Balaban J connectivity index is 1.74. The number of aliphatic hydroxyl groups excluding tert-OH is 3. The van der Waals surface area contributed by atoms with Crippen LogP contribution in [0.4, 0.5) is 0 Å². The third-order valence-corrected chi connectivity index (χ3v) is 9.43. The summed E-state index contributed by atoms with van der Waals surface area (Å²) >= 11 is 0. The van der Waals surface area contributed by atoms with Crippen molar-refractivity contribution in [2.24, 2.45) is 35.0 Å². The highest BCUT2D eigenvalue weighted by molar-refractivity contribution is 5.82. The lowest BCUT2D eigenvalue weighted by Crippen LogP contribution is -2.43. The molecule has 0 heterocycles. The van der Waals surface area contributed by atoms with Crippen molar-refractivity contribution < 1.29 is 35.1 Å². The lowest BCUT2D eigenvalue weighted by atomic mass is 9.59. The number of allylic oxidation sites excluding steroid dienone is 5. The van der Waals surface area contributed by atoms with Gasteiger partial charge in [0.2, 0.25) is 0 Å². The zero-order valence-electron chi connectivity index (χ0n) is 28.1. The number of hydrogen-bond acceptors (Lipinski definition) is 7. The Hall–Kier alpha value is -3.59. The highest BCUT2D eigenvalue weighted by Crippen LogP contribution is 2.61. The molecule has 5 N–H and O–H groups in total. The first-order chi connectivity index (χ1) is 21.6. The Morgan fingerprint density at radius 3 is 2.39 bits per heavy atom. The van der Waals surface area contributed by atoms with Gasteiger partial charge >= 0.3 is 5.97 Å². The molecule has 0 aromatic heterocycles. The van der Waals surface area contributed by atoms with Crippen LogP contribution < -0.4 is 0 Å². The number of phenols is 1.